The number of hydrogen-bond acceptors (Lipinski definition) is 1. The number of halogens is 2. The van der Waals surface area contributed by atoms with Crippen LogP contribution < -0.4 is 0 Å². The van der Waals surface area contributed by atoms with Gasteiger partial charge in [0.2, 0.25) is 0 Å². The highest BCUT2D eigenvalue weighted by Crippen LogP contribution is 2.33. The zero-order chi connectivity index (χ0) is 13.4. The van der Waals surface area contributed by atoms with Gasteiger partial charge in [0, 0.05) is 16.0 Å². The normalized spacial score (nSPS) is 14.4. The minimum Gasteiger partial charge on any atom is -0.294 e. The molecule has 3 rings (SSSR count). The van der Waals surface area contributed by atoms with Crippen molar-refractivity contribution >= 4 is 33.3 Å². The van der Waals surface area contributed by atoms with E-state index in [-0.39, 0.29) is 11.7 Å². The molecular formula is C16H12BrClO. The largest absolute Gasteiger partial charge is 0.294 e. The van der Waals surface area contributed by atoms with Crippen LogP contribution in [0.25, 0.3) is 0 Å². The quantitative estimate of drug-likeness (QED) is 0.727. The van der Waals surface area contributed by atoms with Gasteiger partial charge in [0.15, 0.2) is 5.78 Å². The van der Waals surface area contributed by atoms with Crippen molar-refractivity contribution in [3.05, 3.63) is 68.7 Å². The van der Waals surface area contributed by atoms with Crippen molar-refractivity contribution in [2.24, 2.45) is 5.92 Å². The maximum absolute atomic E-state index is 12.6. The molecule has 1 aliphatic rings. The first-order valence-electron chi connectivity index (χ1n) is 6.22. The highest BCUT2D eigenvalue weighted by Gasteiger charge is 2.29. The predicted octanol–water partition coefficient (Wildman–Crippen LogP) is 4.70. The molecule has 0 spiro atoms. The number of hydrogen-bond donors (Lipinski definition) is 0. The molecular weight excluding hydrogens is 324 g/mol. The predicted molar refractivity (Wildman–Crippen MR) is 80.8 cm³/mol. The molecule has 0 N–H and O–H groups in total. The summed E-state index contributed by atoms with van der Waals surface area (Å²) >= 11 is 9.58. The summed E-state index contributed by atoms with van der Waals surface area (Å²) in [5, 5.41) is 0.517. The van der Waals surface area contributed by atoms with Crippen LogP contribution in [0.4, 0.5) is 0 Å². The van der Waals surface area contributed by atoms with Crippen LogP contribution in [0, 0.1) is 5.92 Å². The topological polar surface area (TPSA) is 17.1 Å². The summed E-state index contributed by atoms with van der Waals surface area (Å²) in [5.41, 5.74) is 3.19. The number of carbonyl (C=O) groups is 1. The standard InChI is InChI=1S/C16H12BrClO/c17-14-7-3-6-13(15(14)18)16(19)12-8-10-4-1-2-5-11(10)9-12/h1-7,12H,8-9H2. The molecule has 1 nitrogen and oxygen atoms in total. The molecule has 1 aliphatic carbocycles. The minimum absolute atomic E-state index is 0.0178. The van der Waals surface area contributed by atoms with Crippen molar-refractivity contribution in [2.75, 3.05) is 0 Å². The number of carbonyl (C=O) groups excluding carboxylic acids is 1. The van der Waals surface area contributed by atoms with Gasteiger partial charge in [-0.3, -0.25) is 4.79 Å². The van der Waals surface area contributed by atoms with E-state index >= 15 is 0 Å². The van der Waals surface area contributed by atoms with Gasteiger partial charge in [0.05, 0.1) is 5.02 Å². The van der Waals surface area contributed by atoms with E-state index in [0.717, 1.165) is 17.3 Å². The number of rotatable bonds is 2. The summed E-state index contributed by atoms with van der Waals surface area (Å²) in [6.07, 6.45) is 1.63. The van der Waals surface area contributed by atoms with Gasteiger partial charge in [0.25, 0.3) is 0 Å². The minimum atomic E-state index is 0.0178. The molecule has 0 heterocycles. The molecule has 0 atom stereocenters. The Morgan fingerprint density at radius 3 is 2.32 bits per heavy atom. The molecule has 0 bridgehead atoms. The van der Waals surface area contributed by atoms with E-state index in [0.29, 0.717) is 10.6 Å². The maximum atomic E-state index is 12.6. The van der Waals surface area contributed by atoms with Gasteiger partial charge >= 0.3 is 0 Å². The second-order valence-electron chi connectivity index (χ2n) is 4.84. The van der Waals surface area contributed by atoms with Crippen molar-refractivity contribution in [1.82, 2.24) is 0 Å². The molecule has 0 radical (unpaired) electrons. The summed E-state index contributed by atoms with van der Waals surface area (Å²) in [6, 6.07) is 13.8. The van der Waals surface area contributed by atoms with Gasteiger partial charge in [-0.25, -0.2) is 0 Å². The fourth-order valence-corrected chi connectivity index (χ4v) is 3.24. The van der Waals surface area contributed by atoms with Crippen LogP contribution in [-0.4, -0.2) is 5.78 Å². The van der Waals surface area contributed by atoms with Gasteiger partial charge in [0.1, 0.15) is 0 Å². The average molecular weight is 336 g/mol. The molecule has 3 heteroatoms. The molecule has 0 fully saturated rings. The zero-order valence-electron chi connectivity index (χ0n) is 10.2. The molecule has 0 saturated carbocycles. The van der Waals surface area contributed by atoms with Crippen LogP contribution in [0.1, 0.15) is 21.5 Å². The fraction of sp³-hybridized carbons (Fsp3) is 0.188. The summed E-state index contributed by atoms with van der Waals surface area (Å²) in [7, 11) is 0. The Kier molecular flexibility index (Phi) is 3.46. The van der Waals surface area contributed by atoms with Gasteiger partial charge in [-0.1, -0.05) is 41.9 Å². The van der Waals surface area contributed by atoms with Crippen molar-refractivity contribution in [3.63, 3.8) is 0 Å². The SMILES string of the molecule is O=C(c1cccc(Br)c1Cl)C1Cc2ccccc2C1. The molecule has 0 aromatic heterocycles. The number of fused-ring (bicyclic) bond motifs is 1. The summed E-state index contributed by atoms with van der Waals surface area (Å²) in [6.45, 7) is 0. The molecule has 96 valence electrons. The van der Waals surface area contributed by atoms with Crippen LogP contribution in [-0.2, 0) is 12.8 Å². The Morgan fingerprint density at radius 2 is 1.68 bits per heavy atom. The number of Topliss-reactive ketones (excluding diaryl/α,β-unsaturated/α-hetero) is 1. The Labute approximate surface area is 125 Å². The van der Waals surface area contributed by atoms with E-state index in [1.807, 2.05) is 24.3 Å². The van der Waals surface area contributed by atoms with E-state index in [2.05, 4.69) is 28.1 Å². The van der Waals surface area contributed by atoms with Crippen molar-refractivity contribution < 1.29 is 4.79 Å². The lowest BCUT2D eigenvalue weighted by molar-refractivity contribution is 0.0925. The Bertz CT molecular complexity index is 626. The summed E-state index contributed by atoms with van der Waals surface area (Å²) < 4.78 is 0.774. The van der Waals surface area contributed by atoms with Gasteiger partial charge in [-0.05, 0) is 52.0 Å². The molecule has 19 heavy (non-hydrogen) atoms. The third kappa shape index (κ3) is 2.35. The van der Waals surface area contributed by atoms with Gasteiger partial charge < -0.3 is 0 Å². The molecule has 0 amide bonds. The Hall–Kier alpha value is -1.12. The van der Waals surface area contributed by atoms with E-state index < -0.39 is 0 Å². The third-order valence-electron chi connectivity index (χ3n) is 3.64. The van der Waals surface area contributed by atoms with Gasteiger partial charge in [-0.2, -0.15) is 0 Å². The molecule has 2 aromatic carbocycles. The highest BCUT2D eigenvalue weighted by molar-refractivity contribution is 9.10. The lowest BCUT2D eigenvalue weighted by Gasteiger charge is -2.10. The first-order valence-corrected chi connectivity index (χ1v) is 7.39. The van der Waals surface area contributed by atoms with Crippen LogP contribution in [0.2, 0.25) is 5.02 Å². The van der Waals surface area contributed by atoms with E-state index in [9.17, 15) is 4.79 Å². The lowest BCUT2D eigenvalue weighted by Crippen LogP contribution is -2.15. The highest BCUT2D eigenvalue weighted by atomic mass is 79.9. The number of ketones is 1. The van der Waals surface area contributed by atoms with Crippen LogP contribution in [0.3, 0.4) is 0 Å². The molecule has 0 unspecified atom stereocenters. The molecule has 0 saturated heterocycles. The van der Waals surface area contributed by atoms with E-state index in [1.54, 1.807) is 6.07 Å². The van der Waals surface area contributed by atoms with Crippen molar-refractivity contribution in [2.45, 2.75) is 12.8 Å². The molecule has 0 aliphatic heterocycles. The van der Waals surface area contributed by atoms with Crippen molar-refractivity contribution in [3.8, 4) is 0 Å². The second kappa shape index (κ2) is 5.10. The lowest BCUT2D eigenvalue weighted by atomic mass is 9.95. The van der Waals surface area contributed by atoms with Crippen molar-refractivity contribution in [1.29, 1.82) is 0 Å². The zero-order valence-corrected chi connectivity index (χ0v) is 12.5. The van der Waals surface area contributed by atoms with E-state index in [4.69, 9.17) is 11.6 Å². The van der Waals surface area contributed by atoms with E-state index in [1.165, 1.54) is 11.1 Å². The maximum Gasteiger partial charge on any atom is 0.168 e. The average Bonchev–Trinajstić information content (AvgIpc) is 2.85. The van der Waals surface area contributed by atoms with Crippen LogP contribution >= 0.6 is 27.5 Å². The smallest absolute Gasteiger partial charge is 0.168 e. The second-order valence-corrected chi connectivity index (χ2v) is 6.07. The Morgan fingerprint density at radius 1 is 1.05 bits per heavy atom. The monoisotopic (exact) mass is 334 g/mol. The first-order chi connectivity index (χ1) is 9.16. The Balaban J connectivity index is 1.89. The third-order valence-corrected chi connectivity index (χ3v) is 4.94. The van der Waals surface area contributed by atoms with Gasteiger partial charge in [-0.15, -0.1) is 0 Å². The molecule has 2 aromatic rings. The summed E-state index contributed by atoms with van der Waals surface area (Å²) in [5.74, 6) is 0.159. The summed E-state index contributed by atoms with van der Waals surface area (Å²) in [4.78, 5) is 12.6. The van der Waals surface area contributed by atoms with Crippen LogP contribution in [0.5, 0.6) is 0 Å². The first kappa shape index (κ1) is 12.9. The number of benzene rings is 2. The fourth-order valence-electron chi connectivity index (χ4n) is 2.66. The van der Waals surface area contributed by atoms with Crippen LogP contribution in [0.15, 0.2) is 46.9 Å².